The van der Waals surface area contributed by atoms with Crippen LogP contribution in [-0.2, 0) is 9.53 Å². The van der Waals surface area contributed by atoms with Crippen molar-refractivity contribution in [1.29, 1.82) is 0 Å². The average molecular weight is 379 g/mol. The molecule has 3 unspecified atom stereocenters. The number of aliphatic hydroxyl groups excluding tert-OH is 2. The third-order valence-electron chi connectivity index (χ3n) is 9.78. The minimum Gasteiger partial charge on any atom is -0.469 e. The summed E-state index contributed by atoms with van der Waals surface area (Å²) >= 11 is 0. The second-order valence-electron chi connectivity index (χ2n) is 10.7. The Morgan fingerprint density at radius 3 is 2.44 bits per heavy atom. The maximum Gasteiger partial charge on any atom is 0.305 e. The Hall–Kier alpha value is -0.610. The van der Waals surface area contributed by atoms with E-state index in [1.165, 1.54) is 32.8 Å². The summed E-state index contributed by atoms with van der Waals surface area (Å²) in [7, 11) is 1.48. The highest BCUT2D eigenvalue weighted by molar-refractivity contribution is 5.69. The van der Waals surface area contributed by atoms with Gasteiger partial charge < -0.3 is 14.9 Å². The van der Waals surface area contributed by atoms with Crippen LogP contribution in [0.4, 0.5) is 0 Å². The molecule has 0 aromatic carbocycles. The van der Waals surface area contributed by atoms with E-state index in [1.807, 2.05) is 0 Å². The normalized spacial score (nSPS) is 51.8. The Labute approximate surface area is 164 Å². The van der Waals surface area contributed by atoms with Crippen LogP contribution >= 0.6 is 0 Å². The highest BCUT2D eigenvalue weighted by Crippen LogP contribution is 2.67. The first-order valence-electron chi connectivity index (χ1n) is 11.2. The molecule has 0 aromatic rings. The van der Waals surface area contributed by atoms with E-state index in [1.54, 1.807) is 0 Å². The van der Waals surface area contributed by atoms with Gasteiger partial charge in [0.05, 0.1) is 19.3 Å². The lowest BCUT2D eigenvalue weighted by Crippen LogP contribution is -2.58. The van der Waals surface area contributed by atoms with Gasteiger partial charge in [-0.3, -0.25) is 4.79 Å². The van der Waals surface area contributed by atoms with Gasteiger partial charge in [0.2, 0.25) is 0 Å². The van der Waals surface area contributed by atoms with E-state index in [0.29, 0.717) is 36.0 Å². The van der Waals surface area contributed by atoms with Gasteiger partial charge in [0.1, 0.15) is 0 Å². The van der Waals surface area contributed by atoms with Gasteiger partial charge in [-0.25, -0.2) is 0 Å². The largest absolute Gasteiger partial charge is 0.469 e. The first kappa shape index (κ1) is 19.7. The molecule has 9 atom stereocenters. The first-order valence-corrected chi connectivity index (χ1v) is 11.2. The summed E-state index contributed by atoms with van der Waals surface area (Å²) in [5.41, 5.74) is 0.544. The van der Waals surface area contributed by atoms with Crippen LogP contribution in [0.15, 0.2) is 0 Å². The second-order valence-corrected chi connectivity index (χ2v) is 10.7. The van der Waals surface area contributed by atoms with Crippen molar-refractivity contribution >= 4 is 5.97 Å². The molecule has 4 saturated carbocycles. The van der Waals surface area contributed by atoms with Crippen molar-refractivity contribution in [1.82, 2.24) is 0 Å². The molecule has 0 radical (unpaired) electrons. The van der Waals surface area contributed by atoms with E-state index in [4.69, 9.17) is 4.74 Å². The van der Waals surface area contributed by atoms with Crippen molar-refractivity contribution in [2.75, 3.05) is 7.11 Å². The second kappa shape index (κ2) is 7.02. The maximum absolute atomic E-state index is 11.7. The Morgan fingerprint density at radius 2 is 1.70 bits per heavy atom. The molecule has 4 nitrogen and oxygen atoms in total. The summed E-state index contributed by atoms with van der Waals surface area (Å²) in [4.78, 5) is 11.7. The number of carbonyl (C=O) groups is 1. The van der Waals surface area contributed by atoms with E-state index >= 15 is 0 Å². The molecule has 0 amide bonds. The summed E-state index contributed by atoms with van der Waals surface area (Å²) in [6, 6.07) is 0. The molecule has 4 fully saturated rings. The van der Waals surface area contributed by atoms with E-state index in [2.05, 4.69) is 13.8 Å². The van der Waals surface area contributed by atoms with Crippen LogP contribution in [0.3, 0.4) is 0 Å². The SMILES string of the molecule is COC(=O)CC[C@H]1CCC2C3C(CC[C@@]21C)[C@@]1(C)CC[C@@H](O)C[C@H]1C[C@@H]3O. The van der Waals surface area contributed by atoms with Gasteiger partial charge in [-0.15, -0.1) is 0 Å². The van der Waals surface area contributed by atoms with Gasteiger partial charge in [0.25, 0.3) is 0 Å². The number of hydrogen-bond donors (Lipinski definition) is 2. The van der Waals surface area contributed by atoms with Crippen molar-refractivity contribution < 1.29 is 19.7 Å². The molecule has 4 aliphatic rings. The summed E-state index contributed by atoms with van der Waals surface area (Å²) in [5, 5.41) is 21.4. The molecule has 4 heteroatoms. The minimum atomic E-state index is -0.220. The zero-order valence-electron chi connectivity index (χ0n) is 17.3. The van der Waals surface area contributed by atoms with Crippen LogP contribution in [0.1, 0.15) is 78.1 Å². The fourth-order valence-corrected chi connectivity index (χ4v) is 8.18. The quantitative estimate of drug-likeness (QED) is 0.730. The van der Waals surface area contributed by atoms with Gasteiger partial charge in [0, 0.05) is 6.42 Å². The predicted octanol–water partition coefficient (Wildman–Crippen LogP) is 3.93. The zero-order chi connectivity index (χ0) is 19.4. The molecule has 0 aliphatic heterocycles. The lowest BCUT2D eigenvalue weighted by atomic mass is 9.44. The molecule has 4 rings (SSSR count). The van der Waals surface area contributed by atoms with E-state index in [0.717, 1.165) is 32.1 Å². The van der Waals surface area contributed by atoms with Crippen LogP contribution in [0.5, 0.6) is 0 Å². The highest BCUT2D eigenvalue weighted by atomic mass is 16.5. The van der Waals surface area contributed by atoms with Crippen molar-refractivity contribution in [3.63, 3.8) is 0 Å². The Balaban J connectivity index is 1.54. The van der Waals surface area contributed by atoms with E-state index in [-0.39, 0.29) is 29.0 Å². The number of ether oxygens (including phenoxy) is 1. The molecule has 154 valence electrons. The van der Waals surface area contributed by atoms with Gasteiger partial charge in [0.15, 0.2) is 0 Å². The molecule has 0 heterocycles. The summed E-state index contributed by atoms with van der Waals surface area (Å²) in [6.07, 6.45) is 9.66. The Bertz CT molecular complexity index is 577. The number of esters is 1. The fraction of sp³-hybridized carbons (Fsp3) is 0.957. The Morgan fingerprint density at radius 1 is 1.00 bits per heavy atom. The molecule has 0 bridgehead atoms. The number of fused-ring (bicyclic) bond motifs is 5. The lowest BCUT2D eigenvalue weighted by Gasteiger charge is -2.62. The zero-order valence-corrected chi connectivity index (χ0v) is 17.3. The van der Waals surface area contributed by atoms with Gasteiger partial charge in [-0.1, -0.05) is 13.8 Å². The number of aliphatic hydroxyl groups is 2. The molecule has 0 aromatic heterocycles. The van der Waals surface area contributed by atoms with Gasteiger partial charge in [-0.05, 0) is 98.2 Å². The lowest BCUT2D eigenvalue weighted by molar-refractivity contribution is -0.173. The monoisotopic (exact) mass is 378 g/mol. The Kier molecular flexibility index (Phi) is 5.12. The summed E-state index contributed by atoms with van der Waals surface area (Å²) in [5.74, 6) is 2.54. The molecular formula is C23H38O4. The number of rotatable bonds is 3. The molecule has 4 aliphatic carbocycles. The van der Waals surface area contributed by atoms with Gasteiger partial charge in [-0.2, -0.15) is 0 Å². The number of hydrogen-bond acceptors (Lipinski definition) is 4. The van der Waals surface area contributed by atoms with Crippen LogP contribution in [0.25, 0.3) is 0 Å². The predicted molar refractivity (Wildman–Crippen MR) is 104 cm³/mol. The third-order valence-corrected chi connectivity index (χ3v) is 9.78. The summed E-state index contributed by atoms with van der Waals surface area (Å²) in [6.45, 7) is 4.90. The van der Waals surface area contributed by atoms with Gasteiger partial charge >= 0.3 is 5.97 Å². The maximum atomic E-state index is 11.7. The first-order chi connectivity index (χ1) is 12.8. The highest BCUT2D eigenvalue weighted by Gasteiger charge is 2.62. The number of methoxy groups -OCH3 is 1. The third kappa shape index (κ3) is 3.06. The van der Waals surface area contributed by atoms with E-state index < -0.39 is 0 Å². The summed E-state index contributed by atoms with van der Waals surface area (Å²) < 4.78 is 4.86. The molecule has 0 saturated heterocycles. The van der Waals surface area contributed by atoms with Crippen molar-refractivity contribution in [2.24, 2.45) is 40.4 Å². The van der Waals surface area contributed by atoms with Crippen LogP contribution in [-0.4, -0.2) is 35.5 Å². The van der Waals surface area contributed by atoms with E-state index in [9.17, 15) is 15.0 Å². The molecule has 2 N–H and O–H groups in total. The van der Waals surface area contributed by atoms with Crippen molar-refractivity contribution in [3.05, 3.63) is 0 Å². The van der Waals surface area contributed by atoms with Crippen molar-refractivity contribution in [3.8, 4) is 0 Å². The smallest absolute Gasteiger partial charge is 0.305 e. The number of carbonyl (C=O) groups excluding carboxylic acids is 1. The van der Waals surface area contributed by atoms with Crippen LogP contribution < -0.4 is 0 Å². The topological polar surface area (TPSA) is 66.8 Å². The van der Waals surface area contributed by atoms with Crippen LogP contribution in [0.2, 0.25) is 0 Å². The molecule has 0 spiro atoms. The molecule has 27 heavy (non-hydrogen) atoms. The molecular weight excluding hydrogens is 340 g/mol. The fourth-order valence-electron chi connectivity index (χ4n) is 8.18. The van der Waals surface area contributed by atoms with Crippen molar-refractivity contribution in [2.45, 2.75) is 90.3 Å². The standard InChI is InChI=1S/C23H38O4/c1-22-11-9-18-21(17(22)6-4-14(22)5-7-20(26)27-3)19(25)13-15-12-16(24)8-10-23(15,18)2/h14-19,21,24-25H,4-13H2,1-3H3/t14-,15+,16-,17?,18?,19+,21?,22-,23+/m1/s1. The average Bonchev–Trinajstić information content (AvgIpc) is 2.97. The minimum absolute atomic E-state index is 0.0930. The van der Waals surface area contributed by atoms with Crippen LogP contribution in [0, 0.1) is 40.4 Å².